The highest BCUT2D eigenvalue weighted by Crippen LogP contribution is 2.30. The van der Waals surface area contributed by atoms with Crippen LogP contribution in [0.5, 0.6) is 0 Å². The second-order valence-electron chi connectivity index (χ2n) is 4.99. The summed E-state index contributed by atoms with van der Waals surface area (Å²) in [5.41, 5.74) is 1.06. The molecule has 0 amide bonds. The number of nitrogens with zero attached hydrogens (tertiary/aromatic N) is 1. The van der Waals surface area contributed by atoms with Crippen LogP contribution in [-0.4, -0.2) is 16.9 Å². The van der Waals surface area contributed by atoms with Crippen LogP contribution in [0.25, 0.3) is 10.9 Å². The van der Waals surface area contributed by atoms with Gasteiger partial charge in [0.05, 0.1) is 23.1 Å². The number of halogens is 1. The van der Waals surface area contributed by atoms with Crippen LogP contribution >= 0.6 is 15.9 Å². The maximum Gasteiger partial charge on any atom is 0.0752 e. The molecule has 7 heteroatoms. The number of anilines is 2. The number of rotatable bonds is 4. The topological polar surface area (TPSA) is 105 Å². The summed E-state index contributed by atoms with van der Waals surface area (Å²) in [6.45, 7) is 0. The Balaban J connectivity index is 2.22. The summed E-state index contributed by atoms with van der Waals surface area (Å²) < 4.78 is 0.868. The number of carboxylic acid groups (broad SMARTS) is 2. The minimum absolute atomic E-state index is 0.0707. The number of benzene rings is 2. The van der Waals surface area contributed by atoms with Crippen LogP contribution in [0.4, 0.5) is 11.4 Å². The lowest BCUT2D eigenvalue weighted by Crippen LogP contribution is -2.24. The van der Waals surface area contributed by atoms with E-state index >= 15 is 0 Å². The van der Waals surface area contributed by atoms with Crippen LogP contribution in [0.2, 0.25) is 0 Å². The van der Waals surface area contributed by atoms with Crippen molar-refractivity contribution in [3.8, 4) is 0 Å². The number of hydrogen-bond acceptors (Lipinski definition) is 6. The third-order valence-corrected chi connectivity index (χ3v) is 3.97. The molecule has 24 heavy (non-hydrogen) atoms. The van der Waals surface area contributed by atoms with Crippen LogP contribution in [-0.2, 0) is 0 Å². The summed E-state index contributed by atoms with van der Waals surface area (Å²) >= 11 is 3.32. The fraction of sp³-hybridized carbons (Fsp3) is 0. The number of aromatic carboxylic acids is 2. The number of aromatic nitrogens is 1. The molecular weight excluding hydrogens is 376 g/mol. The van der Waals surface area contributed by atoms with Gasteiger partial charge < -0.3 is 25.1 Å². The van der Waals surface area contributed by atoms with Gasteiger partial charge in [-0.25, -0.2) is 0 Å². The van der Waals surface area contributed by atoms with Crippen molar-refractivity contribution < 1.29 is 19.8 Å². The minimum Gasteiger partial charge on any atom is -0.545 e. The molecule has 0 fully saturated rings. The van der Waals surface area contributed by atoms with Gasteiger partial charge >= 0.3 is 0 Å². The summed E-state index contributed by atoms with van der Waals surface area (Å²) in [7, 11) is 0. The number of fused-ring (bicyclic) bond motifs is 1. The summed E-state index contributed by atoms with van der Waals surface area (Å²) in [5.74, 6) is -2.77. The first-order valence-electron chi connectivity index (χ1n) is 6.84. The first-order chi connectivity index (χ1) is 11.5. The number of pyridine rings is 1. The van der Waals surface area contributed by atoms with Gasteiger partial charge in [0, 0.05) is 27.3 Å². The van der Waals surface area contributed by atoms with Crippen LogP contribution in [0, 0.1) is 0 Å². The first-order valence-corrected chi connectivity index (χ1v) is 7.63. The van der Waals surface area contributed by atoms with Crippen molar-refractivity contribution in [2.45, 2.75) is 0 Å². The van der Waals surface area contributed by atoms with Gasteiger partial charge in [-0.3, -0.25) is 4.98 Å². The van der Waals surface area contributed by atoms with E-state index < -0.39 is 11.9 Å². The zero-order valence-corrected chi connectivity index (χ0v) is 13.7. The van der Waals surface area contributed by atoms with E-state index in [1.165, 1.54) is 24.4 Å². The van der Waals surface area contributed by atoms with E-state index in [4.69, 9.17) is 0 Å². The first kappa shape index (κ1) is 15.9. The zero-order chi connectivity index (χ0) is 17.3. The standard InChI is InChI=1S/C17H11BrN2O4/c18-10-2-4-11(5-3-10)20-15-12-7-9(16(21)22)1-6-14(12)19-8-13(15)17(23)24/h1-8H,(H,19,20)(H,21,22)(H,23,24)/p-2. The van der Waals surface area contributed by atoms with E-state index in [2.05, 4.69) is 26.2 Å². The molecule has 0 aliphatic carbocycles. The number of carboxylic acids is 2. The van der Waals surface area contributed by atoms with Gasteiger partial charge in [0.2, 0.25) is 0 Å². The van der Waals surface area contributed by atoms with Gasteiger partial charge in [0.1, 0.15) is 0 Å². The largest absolute Gasteiger partial charge is 0.545 e. The number of nitrogens with one attached hydrogen (secondary N) is 1. The van der Waals surface area contributed by atoms with E-state index in [-0.39, 0.29) is 16.8 Å². The molecule has 0 unspecified atom stereocenters. The molecule has 0 radical (unpaired) electrons. The van der Waals surface area contributed by atoms with Crippen molar-refractivity contribution in [1.29, 1.82) is 0 Å². The highest BCUT2D eigenvalue weighted by atomic mass is 79.9. The molecular formula is C17H9BrN2O4-2. The van der Waals surface area contributed by atoms with Crippen molar-refractivity contribution in [2.24, 2.45) is 0 Å². The lowest BCUT2D eigenvalue weighted by molar-refractivity contribution is -0.256. The summed E-state index contributed by atoms with van der Waals surface area (Å²) in [4.78, 5) is 26.5. The predicted octanol–water partition coefficient (Wildman–Crippen LogP) is 1.47. The average Bonchev–Trinajstić information content (AvgIpc) is 2.56. The molecule has 1 aromatic heterocycles. The van der Waals surface area contributed by atoms with E-state index in [1.54, 1.807) is 24.3 Å². The molecule has 0 spiro atoms. The molecule has 0 saturated heterocycles. The van der Waals surface area contributed by atoms with Gasteiger partial charge in [-0.2, -0.15) is 0 Å². The van der Waals surface area contributed by atoms with E-state index in [9.17, 15) is 19.8 Å². The van der Waals surface area contributed by atoms with Gasteiger partial charge in [-0.15, -0.1) is 0 Å². The molecule has 0 aliphatic heterocycles. The van der Waals surface area contributed by atoms with Crippen LogP contribution in [0.1, 0.15) is 20.7 Å². The summed E-state index contributed by atoms with van der Waals surface area (Å²) in [6.07, 6.45) is 1.18. The molecule has 0 bridgehead atoms. The fourth-order valence-corrected chi connectivity index (χ4v) is 2.55. The Bertz CT molecular complexity index is 949. The van der Waals surface area contributed by atoms with Gasteiger partial charge in [0.25, 0.3) is 0 Å². The molecule has 3 aromatic rings. The van der Waals surface area contributed by atoms with Crippen molar-refractivity contribution in [3.63, 3.8) is 0 Å². The average molecular weight is 385 g/mol. The van der Waals surface area contributed by atoms with Crippen LogP contribution in [0.3, 0.4) is 0 Å². The van der Waals surface area contributed by atoms with Crippen LogP contribution in [0.15, 0.2) is 53.1 Å². The monoisotopic (exact) mass is 384 g/mol. The maximum atomic E-state index is 11.4. The lowest BCUT2D eigenvalue weighted by Gasteiger charge is -2.16. The second-order valence-corrected chi connectivity index (χ2v) is 5.90. The van der Waals surface area contributed by atoms with Gasteiger partial charge in [-0.1, -0.05) is 22.0 Å². The van der Waals surface area contributed by atoms with Gasteiger partial charge in [0.15, 0.2) is 0 Å². The zero-order valence-electron chi connectivity index (χ0n) is 12.1. The molecule has 0 saturated carbocycles. The summed E-state index contributed by atoms with van der Waals surface area (Å²) in [5, 5.41) is 25.8. The molecule has 1 N–H and O–H groups in total. The number of carbonyl (C=O) groups is 2. The highest BCUT2D eigenvalue weighted by Gasteiger charge is 2.11. The fourth-order valence-electron chi connectivity index (χ4n) is 2.29. The Morgan fingerprint density at radius 1 is 1.00 bits per heavy atom. The van der Waals surface area contributed by atoms with Crippen molar-refractivity contribution in [2.75, 3.05) is 5.32 Å². The Labute approximate surface area is 144 Å². The normalized spacial score (nSPS) is 10.5. The molecule has 2 aromatic carbocycles. The lowest BCUT2D eigenvalue weighted by atomic mass is 10.1. The quantitative estimate of drug-likeness (QED) is 0.729. The summed E-state index contributed by atoms with van der Waals surface area (Å²) in [6, 6.07) is 11.2. The molecule has 6 nitrogen and oxygen atoms in total. The second kappa shape index (κ2) is 6.29. The maximum absolute atomic E-state index is 11.4. The highest BCUT2D eigenvalue weighted by molar-refractivity contribution is 9.10. The molecule has 0 atom stereocenters. The molecule has 3 rings (SSSR count). The third-order valence-electron chi connectivity index (χ3n) is 3.44. The Hall–Kier alpha value is -2.93. The molecule has 0 aliphatic rings. The van der Waals surface area contributed by atoms with Crippen molar-refractivity contribution in [3.05, 3.63) is 64.3 Å². The minimum atomic E-state index is -1.41. The SMILES string of the molecule is O=C([O-])c1ccc2ncc(C(=O)[O-])c(Nc3ccc(Br)cc3)c2c1. The predicted molar refractivity (Wildman–Crippen MR) is 87.8 cm³/mol. The number of hydrogen-bond donors (Lipinski definition) is 1. The van der Waals surface area contributed by atoms with E-state index in [0.29, 0.717) is 16.6 Å². The smallest absolute Gasteiger partial charge is 0.0752 e. The van der Waals surface area contributed by atoms with Crippen molar-refractivity contribution in [1.82, 2.24) is 4.98 Å². The van der Waals surface area contributed by atoms with Crippen molar-refractivity contribution >= 4 is 50.1 Å². The Morgan fingerprint density at radius 2 is 1.71 bits per heavy atom. The van der Waals surface area contributed by atoms with Gasteiger partial charge in [-0.05, 0) is 42.0 Å². The Kier molecular flexibility index (Phi) is 4.18. The third kappa shape index (κ3) is 3.07. The van der Waals surface area contributed by atoms with E-state index in [1.807, 2.05) is 0 Å². The Morgan fingerprint density at radius 3 is 2.33 bits per heavy atom. The van der Waals surface area contributed by atoms with Crippen LogP contribution < -0.4 is 15.5 Å². The van der Waals surface area contributed by atoms with E-state index in [0.717, 1.165) is 4.47 Å². The molecule has 120 valence electrons. The molecule has 1 heterocycles. The number of carbonyl (C=O) groups excluding carboxylic acids is 2.